The highest BCUT2D eigenvalue weighted by Gasteiger charge is 2.29. The maximum Gasteiger partial charge on any atom is 0.322 e. The summed E-state index contributed by atoms with van der Waals surface area (Å²) in [6.07, 6.45) is 0.291. The van der Waals surface area contributed by atoms with Gasteiger partial charge in [0.1, 0.15) is 11.5 Å². The molecule has 0 bridgehead atoms. The van der Waals surface area contributed by atoms with Crippen LogP contribution < -0.4 is 15.1 Å². The normalized spacial score (nSPS) is 17.2. The Kier molecular flexibility index (Phi) is 4.85. The van der Waals surface area contributed by atoms with E-state index < -0.39 is 0 Å². The average Bonchev–Trinajstić information content (AvgIpc) is 3.21. The zero-order valence-corrected chi connectivity index (χ0v) is 15.1. The van der Waals surface area contributed by atoms with E-state index in [1.807, 2.05) is 29.6 Å². The summed E-state index contributed by atoms with van der Waals surface area (Å²) in [7, 11) is 0. The van der Waals surface area contributed by atoms with Crippen LogP contribution >= 0.6 is 11.3 Å². The molecule has 2 aliphatic heterocycles. The number of hydrogen-bond donors (Lipinski definition) is 1. The zero-order chi connectivity index (χ0) is 17.9. The number of rotatable bonds is 3. The topological polar surface area (TPSA) is 74.8 Å². The van der Waals surface area contributed by atoms with E-state index in [4.69, 9.17) is 4.74 Å². The molecule has 1 saturated heterocycles. The third-order valence-electron chi connectivity index (χ3n) is 4.55. The van der Waals surface area contributed by atoms with Gasteiger partial charge >= 0.3 is 6.03 Å². The number of hydrogen-bond acceptors (Lipinski definition) is 6. The molecule has 0 aromatic carbocycles. The van der Waals surface area contributed by atoms with Gasteiger partial charge in [-0.3, -0.25) is 9.69 Å². The highest BCUT2D eigenvalue weighted by molar-refractivity contribution is 7.09. The van der Waals surface area contributed by atoms with Crippen molar-refractivity contribution in [3.63, 3.8) is 0 Å². The van der Waals surface area contributed by atoms with Crippen LogP contribution in [0.4, 0.5) is 16.3 Å². The maximum absolute atomic E-state index is 12.6. The van der Waals surface area contributed by atoms with Gasteiger partial charge in [0.2, 0.25) is 0 Å². The first kappa shape index (κ1) is 17.0. The van der Waals surface area contributed by atoms with Crippen molar-refractivity contribution in [2.45, 2.75) is 13.0 Å². The lowest BCUT2D eigenvalue weighted by molar-refractivity contribution is 0.0976. The van der Waals surface area contributed by atoms with Gasteiger partial charge in [0.05, 0.1) is 25.4 Å². The molecule has 1 N–H and O–H groups in total. The molecule has 2 aromatic heterocycles. The van der Waals surface area contributed by atoms with Crippen molar-refractivity contribution in [3.8, 4) is 0 Å². The van der Waals surface area contributed by atoms with E-state index in [0.717, 1.165) is 23.8 Å². The largest absolute Gasteiger partial charge is 0.378 e. The van der Waals surface area contributed by atoms with Crippen LogP contribution in [-0.4, -0.2) is 49.6 Å². The van der Waals surface area contributed by atoms with Gasteiger partial charge in [0, 0.05) is 30.9 Å². The number of anilines is 2. The first-order valence-electron chi connectivity index (χ1n) is 8.67. The number of morpholine rings is 1. The lowest BCUT2D eigenvalue weighted by atomic mass is 10.1. The smallest absolute Gasteiger partial charge is 0.322 e. The van der Waals surface area contributed by atoms with Crippen LogP contribution in [0, 0.1) is 0 Å². The third-order valence-corrected chi connectivity index (χ3v) is 5.43. The predicted octanol–water partition coefficient (Wildman–Crippen LogP) is 2.28. The van der Waals surface area contributed by atoms with Crippen LogP contribution in [-0.2, 0) is 11.3 Å². The van der Waals surface area contributed by atoms with E-state index in [-0.39, 0.29) is 11.8 Å². The van der Waals surface area contributed by atoms with Crippen LogP contribution in [0.5, 0.6) is 0 Å². The fourth-order valence-corrected chi connectivity index (χ4v) is 3.81. The highest BCUT2D eigenvalue weighted by Crippen LogP contribution is 2.28. The molecule has 0 radical (unpaired) electrons. The predicted molar refractivity (Wildman–Crippen MR) is 100 cm³/mol. The third kappa shape index (κ3) is 3.42. The number of nitrogens with zero attached hydrogens (tertiary/aromatic N) is 3. The number of fused-ring (bicyclic) bond motifs is 1. The molecular formula is C18H20N4O3S. The quantitative estimate of drug-likeness (QED) is 0.895. The fourth-order valence-electron chi connectivity index (χ4n) is 3.17. The van der Waals surface area contributed by atoms with Gasteiger partial charge in [-0.2, -0.15) is 0 Å². The van der Waals surface area contributed by atoms with Crippen molar-refractivity contribution in [2.24, 2.45) is 0 Å². The summed E-state index contributed by atoms with van der Waals surface area (Å²) in [5.74, 6) is 0.749. The summed E-state index contributed by atoms with van der Waals surface area (Å²) in [6.45, 7) is 3.68. The molecule has 0 spiro atoms. The van der Waals surface area contributed by atoms with Crippen molar-refractivity contribution in [2.75, 3.05) is 42.6 Å². The molecule has 26 heavy (non-hydrogen) atoms. The van der Waals surface area contributed by atoms with E-state index in [9.17, 15) is 9.59 Å². The fraction of sp³-hybridized carbons (Fsp3) is 0.389. The Morgan fingerprint density at radius 2 is 2.08 bits per heavy atom. The number of thiophene rings is 1. The van der Waals surface area contributed by atoms with Gasteiger partial charge in [-0.05, 0) is 23.6 Å². The Morgan fingerprint density at radius 1 is 1.23 bits per heavy atom. The molecule has 0 atom stereocenters. The van der Waals surface area contributed by atoms with Gasteiger partial charge in [-0.1, -0.05) is 6.07 Å². The lowest BCUT2D eigenvalue weighted by Gasteiger charge is -2.31. The second-order valence-corrected chi connectivity index (χ2v) is 7.23. The molecule has 2 aliphatic rings. The molecule has 4 rings (SSSR count). The van der Waals surface area contributed by atoms with E-state index in [1.54, 1.807) is 16.2 Å². The van der Waals surface area contributed by atoms with Gasteiger partial charge in [-0.15, -0.1) is 11.3 Å². The SMILES string of the molecule is O=C1CCN(C(=O)NCc2cccs2)c2ccc(N3CCOCC3)nc21. The molecule has 2 aromatic rings. The Balaban J connectivity index is 1.53. The van der Waals surface area contributed by atoms with Crippen molar-refractivity contribution in [1.82, 2.24) is 10.3 Å². The number of nitrogens with one attached hydrogen (secondary N) is 1. The molecule has 8 heteroatoms. The summed E-state index contributed by atoms with van der Waals surface area (Å²) in [5, 5.41) is 4.90. The van der Waals surface area contributed by atoms with E-state index in [1.165, 1.54) is 0 Å². The molecule has 0 aliphatic carbocycles. The van der Waals surface area contributed by atoms with E-state index in [2.05, 4.69) is 15.2 Å². The van der Waals surface area contributed by atoms with E-state index >= 15 is 0 Å². The number of aromatic nitrogens is 1. The number of pyridine rings is 1. The van der Waals surface area contributed by atoms with Crippen molar-refractivity contribution >= 4 is 34.7 Å². The number of ketones is 1. The van der Waals surface area contributed by atoms with Crippen molar-refractivity contribution in [1.29, 1.82) is 0 Å². The Morgan fingerprint density at radius 3 is 2.85 bits per heavy atom. The first-order chi connectivity index (χ1) is 12.7. The minimum absolute atomic E-state index is 0.0163. The zero-order valence-electron chi connectivity index (χ0n) is 14.3. The number of amides is 2. The average molecular weight is 372 g/mol. The van der Waals surface area contributed by atoms with Crippen LogP contribution in [0.15, 0.2) is 29.6 Å². The molecule has 136 valence electrons. The van der Waals surface area contributed by atoms with Crippen molar-refractivity contribution in [3.05, 3.63) is 40.2 Å². The standard InChI is InChI=1S/C18H20N4O3S/c23-15-5-6-22(18(24)19-12-13-2-1-11-26-13)14-3-4-16(20-17(14)15)21-7-9-25-10-8-21/h1-4,11H,5-10,12H2,(H,19,24). The van der Waals surface area contributed by atoms with Crippen LogP contribution in [0.2, 0.25) is 0 Å². The number of carbonyl (C=O) groups is 2. The summed E-state index contributed by atoms with van der Waals surface area (Å²) in [4.78, 5) is 34.3. The molecule has 7 nitrogen and oxygen atoms in total. The number of urea groups is 1. The van der Waals surface area contributed by atoms with Gasteiger partial charge < -0.3 is 15.0 Å². The minimum Gasteiger partial charge on any atom is -0.378 e. The van der Waals surface area contributed by atoms with Crippen molar-refractivity contribution < 1.29 is 14.3 Å². The summed E-state index contributed by atoms with van der Waals surface area (Å²) in [5.41, 5.74) is 0.966. The van der Waals surface area contributed by atoms with Crippen LogP contribution in [0.25, 0.3) is 0 Å². The summed E-state index contributed by atoms with van der Waals surface area (Å²) < 4.78 is 5.36. The Hall–Kier alpha value is -2.45. The summed E-state index contributed by atoms with van der Waals surface area (Å²) in [6, 6.07) is 7.44. The highest BCUT2D eigenvalue weighted by atomic mass is 32.1. The molecule has 1 fully saturated rings. The molecule has 0 unspecified atom stereocenters. The van der Waals surface area contributed by atoms with Gasteiger partial charge in [0.15, 0.2) is 5.78 Å². The van der Waals surface area contributed by atoms with Gasteiger partial charge in [-0.25, -0.2) is 9.78 Å². The monoisotopic (exact) mass is 372 g/mol. The second-order valence-electron chi connectivity index (χ2n) is 6.20. The minimum atomic E-state index is -0.201. The number of carbonyl (C=O) groups excluding carboxylic acids is 2. The molecule has 4 heterocycles. The van der Waals surface area contributed by atoms with E-state index in [0.29, 0.717) is 44.1 Å². The molecule has 0 saturated carbocycles. The number of ether oxygens (including phenoxy) is 1. The van der Waals surface area contributed by atoms with Crippen LogP contribution in [0.3, 0.4) is 0 Å². The second kappa shape index (κ2) is 7.43. The summed E-state index contributed by atoms with van der Waals surface area (Å²) >= 11 is 1.60. The Labute approximate surface area is 155 Å². The lowest BCUT2D eigenvalue weighted by Crippen LogP contribution is -2.44. The maximum atomic E-state index is 12.6. The Bertz CT molecular complexity index is 803. The van der Waals surface area contributed by atoms with Crippen LogP contribution in [0.1, 0.15) is 21.8 Å². The first-order valence-corrected chi connectivity index (χ1v) is 9.55. The molecule has 2 amide bonds. The van der Waals surface area contributed by atoms with Gasteiger partial charge in [0.25, 0.3) is 0 Å². The number of Topliss-reactive ketones (excluding diaryl/α,β-unsaturated/α-hetero) is 1. The molecular weight excluding hydrogens is 352 g/mol.